The minimum Gasteiger partial charge on any atom is -0.307 e. The van der Waals surface area contributed by atoms with E-state index in [-0.39, 0.29) is 0 Å². The fourth-order valence-electron chi connectivity index (χ4n) is 20.1. The molecule has 8 heterocycles. The van der Waals surface area contributed by atoms with Crippen LogP contribution in [0.3, 0.4) is 0 Å². The lowest BCUT2D eigenvalue weighted by molar-refractivity contribution is 1.07. The zero-order chi connectivity index (χ0) is 96.0. The first-order chi connectivity index (χ1) is 71.2. The number of para-hydroxylation sites is 4. The molecule has 0 aliphatic rings. The highest BCUT2D eigenvalue weighted by molar-refractivity contribution is 6.26. The lowest BCUT2D eigenvalue weighted by Gasteiger charge is -2.15. The number of benzene rings is 18. The third kappa shape index (κ3) is 14.3. The van der Waals surface area contributed by atoms with E-state index in [2.05, 4.69) is 127 Å². The fraction of sp³-hybridized carbons (Fsp3) is 0. The van der Waals surface area contributed by atoms with Crippen LogP contribution in [0.15, 0.2) is 425 Å². The molecule has 0 fully saturated rings. The lowest BCUT2D eigenvalue weighted by atomic mass is 10.00. The van der Waals surface area contributed by atoms with E-state index < -0.39 is 0 Å². The number of nitriles is 4. The molecule has 8 aromatic heterocycles. The number of aromatic nitrogens is 16. The molecule has 0 amide bonds. The topological polar surface area (TPSA) is 270 Å². The first-order valence-electron chi connectivity index (χ1n) is 46.9. The lowest BCUT2D eigenvalue weighted by Crippen LogP contribution is -2.04. The van der Waals surface area contributed by atoms with Gasteiger partial charge in [0.05, 0.1) is 89.9 Å². The predicted molar refractivity (Wildman–Crippen MR) is 567 cm³/mol. The van der Waals surface area contributed by atoms with Crippen LogP contribution in [-0.4, -0.2) is 78.1 Å². The first kappa shape index (κ1) is 83.7. The molecular formula is C124H70N20. The fourth-order valence-corrected chi connectivity index (χ4v) is 20.1. The second-order valence-corrected chi connectivity index (χ2v) is 35.1. The summed E-state index contributed by atoms with van der Waals surface area (Å²) in [5, 5.41) is 54.0. The van der Waals surface area contributed by atoms with Crippen molar-refractivity contribution in [1.82, 2.24) is 78.1 Å². The van der Waals surface area contributed by atoms with Gasteiger partial charge in [0.2, 0.25) is 0 Å². The molecule has 0 N–H and O–H groups in total. The Balaban J connectivity index is 0.559. The van der Waals surface area contributed by atoms with Crippen molar-refractivity contribution >= 4 is 87.2 Å². The highest BCUT2D eigenvalue weighted by atomic mass is 15.1. The van der Waals surface area contributed by atoms with Crippen molar-refractivity contribution in [3.8, 4) is 195 Å². The van der Waals surface area contributed by atoms with Crippen LogP contribution < -0.4 is 0 Å². The molecule has 20 heteroatoms. The van der Waals surface area contributed by atoms with Gasteiger partial charge >= 0.3 is 0 Å². The Morgan fingerprint density at radius 3 is 0.653 bits per heavy atom. The number of rotatable bonds is 17. The second kappa shape index (κ2) is 34.8. The van der Waals surface area contributed by atoms with Gasteiger partial charge in [-0.1, -0.05) is 315 Å². The molecule has 0 unspecified atom stereocenters. The van der Waals surface area contributed by atoms with E-state index in [0.717, 1.165) is 143 Å². The Labute approximate surface area is 822 Å². The van der Waals surface area contributed by atoms with E-state index >= 15 is 0 Å². The summed E-state index contributed by atoms with van der Waals surface area (Å²) >= 11 is 0. The maximum absolute atomic E-state index is 11.7. The van der Waals surface area contributed by atoms with E-state index in [4.69, 9.17) is 59.8 Å². The summed E-state index contributed by atoms with van der Waals surface area (Å²) in [4.78, 5) is 61.5. The molecule has 144 heavy (non-hydrogen) atoms. The normalized spacial score (nSPS) is 11.4. The highest BCUT2D eigenvalue weighted by Gasteiger charge is 2.30. The van der Waals surface area contributed by atoms with Gasteiger partial charge in [-0.05, 0) is 120 Å². The van der Waals surface area contributed by atoms with Gasteiger partial charge in [0.15, 0.2) is 69.9 Å². The standard InChI is InChI=1S/C124H70N20/c125-71-87-69-91(55-57-93(87)123-137-116(78-35-13-4-14-36-78)130-117(138-123)79-37-15-5-16-38-79)141-105-49-23-19-45-95(105)99-59-60-100-96-46-20-24-50-106(96)142(110(100)109(99)141)92-56-58-94(88(70-92)72-126)124-139-118(80-39-17-6-18-40-80)135-120(140-124)84-44-28-42-82(66-84)81-41-27-43-83(65-81)119-131-115(77-33-11-3-12-34-77)134-122(136-119)86-54-64-104(90(68-86)74-128)144-108-52-26-22-48-98(108)102-62-61-101-97-47-21-25-51-107(97)143(111(101)112(102)144)103-63-53-85(67-89(103)73-127)121-132-113(75-29-7-1-8-30-75)129-114(133-121)76-31-9-2-10-32-76/h1-70H. The quantitative estimate of drug-likeness (QED) is 0.0819. The zero-order valence-corrected chi connectivity index (χ0v) is 76.4. The second-order valence-electron chi connectivity index (χ2n) is 35.1. The molecule has 26 aromatic rings. The minimum atomic E-state index is 0.301. The van der Waals surface area contributed by atoms with E-state index in [1.54, 1.807) is 0 Å². The van der Waals surface area contributed by atoms with Gasteiger partial charge in [-0.2, -0.15) is 21.0 Å². The highest BCUT2D eigenvalue weighted by Crippen LogP contribution is 2.48. The molecule has 0 bridgehead atoms. The molecule has 0 aliphatic carbocycles. The van der Waals surface area contributed by atoms with Crippen molar-refractivity contribution in [2.75, 3.05) is 0 Å². The molecule has 26 rings (SSSR count). The first-order valence-corrected chi connectivity index (χ1v) is 46.9. The number of hydrogen-bond acceptors (Lipinski definition) is 16. The molecular weight excluding hydrogens is 1770 g/mol. The van der Waals surface area contributed by atoms with Crippen molar-refractivity contribution in [2.45, 2.75) is 0 Å². The third-order valence-electron chi connectivity index (χ3n) is 26.7. The van der Waals surface area contributed by atoms with Gasteiger partial charge in [0.1, 0.15) is 12.1 Å². The van der Waals surface area contributed by atoms with Crippen molar-refractivity contribution in [2.24, 2.45) is 0 Å². The molecule has 0 radical (unpaired) electrons. The van der Waals surface area contributed by atoms with Crippen molar-refractivity contribution in [1.29, 1.82) is 21.0 Å². The molecule has 666 valence electrons. The monoisotopic (exact) mass is 1840 g/mol. The minimum absolute atomic E-state index is 0.301. The number of nitrogens with zero attached hydrogens (tertiary/aromatic N) is 20. The van der Waals surface area contributed by atoms with Gasteiger partial charge in [-0.15, -0.1) is 0 Å². The van der Waals surface area contributed by atoms with Crippen molar-refractivity contribution in [3.05, 3.63) is 447 Å². The molecule has 20 nitrogen and oxygen atoms in total. The van der Waals surface area contributed by atoms with Gasteiger partial charge in [0, 0.05) is 121 Å². The largest absolute Gasteiger partial charge is 0.307 e. The maximum Gasteiger partial charge on any atom is 0.165 e. The summed E-state index contributed by atoms with van der Waals surface area (Å²) in [6.07, 6.45) is 0. The van der Waals surface area contributed by atoms with Crippen molar-refractivity contribution < 1.29 is 0 Å². The van der Waals surface area contributed by atoms with Gasteiger partial charge < -0.3 is 18.3 Å². The summed E-state index contributed by atoms with van der Waals surface area (Å²) in [7, 11) is 0. The van der Waals surface area contributed by atoms with E-state index in [0.29, 0.717) is 137 Å². The Kier molecular flexibility index (Phi) is 20.2. The molecule has 0 spiro atoms. The third-order valence-corrected chi connectivity index (χ3v) is 26.7. The molecule has 0 saturated carbocycles. The Morgan fingerprint density at radius 1 is 0.153 bits per heavy atom. The van der Waals surface area contributed by atoms with Crippen LogP contribution in [0.1, 0.15) is 22.3 Å². The SMILES string of the molecule is N#Cc1cc(-n2c3ccccc3c3ccc4c5ccccc5n(-c5ccc(-c6nc(-c7ccccc7)nc(-c7cccc(-c8cccc(-c9nc(-c%10ccccc%10)nc(-c%10ccc(-n%11c%12ccccc%12c%12ccc%13c%14ccccc%14n(-c%14ccc(-c%15nc(-c%16ccccc%16)nc(-c%16ccccc%16)n%15)cc%14C#N)c%13c%12%11)c(C#N)c%10)n9)c8)c7)n6)c(C#N)c5)c4c32)ccc1-c1nc(-c2ccccc2)nc(-c2ccccc2)n1. The van der Waals surface area contributed by atoms with E-state index in [9.17, 15) is 21.0 Å². The van der Waals surface area contributed by atoms with Crippen LogP contribution in [-0.2, 0) is 0 Å². The van der Waals surface area contributed by atoms with E-state index in [1.165, 1.54) is 0 Å². The van der Waals surface area contributed by atoms with Crippen LogP contribution in [0.2, 0.25) is 0 Å². The summed E-state index contributed by atoms with van der Waals surface area (Å²) in [5.74, 6) is 5.06. The number of hydrogen-bond donors (Lipinski definition) is 0. The molecule has 18 aromatic carbocycles. The van der Waals surface area contributed by atoms with E-state index in [1.807, 2.05) is 340 Å². The van der Waals surface area contributed by atoms with Gasteiger partial charge in [-0.3, -0.25) is 0 Å². The maximum atomic E-state index is 11.7. The average Bonchev–Trinajstić information content (AvgIpc) is 1.54. The van der Waals surface area contributed by atoms with Crippen LogP contribution in [0, 0.1) is 45.3 Å². The van der Waals surface area contributed by atoms with Crippen LogP contribution >= 0.6 is 0 Å². The molecule has 0 atom stereocenters. The van der Waals surface area contributed by atoms with Gasteiger partial charge in [-0.25, -0.2) is 59.8 Å². The molecule has 0 saturated heterocycles. The summed E-state index contributed by atoms with van der Waals surface area (Å²) < 4.78 is 8.83. The summed E-state index contributed by atoms with van der Waals surface area (Å²) in [6, 6.07) is 150. The average molecular weight is 1840 g/mol. The summed E-state index contributed by atoms with van der Waals surface area (Å²) in [5.41, 5.74) is 21.5. The van der Waals surface area contributed by atoms with Crippen LogP contribution in [0.4, 0.5) is 0 Å². The number of fused-ring (bicyclic) bond motifs is 14. The Bertz CT molecular complexity index is 9850. The van der Waals surface area contributed by atoms with Gasteiger partial charge in [0.25, 0.3) is 0 Å². The predicted octanol–water partition coefficient (Wildman–Crippen LogP) is 28.0. The zero-order valence-electron chi connectivity index (χ0n) is 76.4. The summed E-state index contributed by atoms with van der Waals surface area (Å²) in [6.45, 7) is 0. The smallest absolute Gasteiger partial charge is 0.165 e. The van der Waals surface area contributed by atoms with Crippen LogP contribution in [0.5, 0.6) is 0 Å². The Morgan fingerprint density at radius 2 is 0.375 bits per heavy atom. The Hall–Kier alpha value is -20.8. The van der Waals surface area contributed by atoms with Crippen LogP contribution in [0.25, 0.3) is 258 Å². The van der Waals surface area contributed by atoms with Crippen molar-refractivity contribution in [3.63, 3.8) is 0 Å². The molecule has 0 aliphatic heterocycles.